The van der Waals surface area contributed by atoms with Crippen LogP contribution in [0.2, 0.25) is 0 Å². The second kappa shape index (κ2) is 6.83. The van der Waals surface area contributed by atoms with Gasteiger partial charge in [-0.25, -0.2) is 9.37 Å². The van der Waals surface area contributed by atoms with Crippen LogP contribution in [0.3, 0.4) is 0 Å². The maximum Gasteiger partial charge on any atom is 0.251 e. The number of hydrogen-bond donors (Lipinski definition) is 1. The molecule has 2 rings (SSSR count). The molecule has 1 amide bonds. The smallest absolute Gasteiger partial charge is 0.251 e. The molecule has 0 fully saturated rings. The molecule has 0 radical (unpaired) electrons. The number of carbonyl (C=O) groups is 1. The number of rotatable bonds is 5. The number of ether oxygens (including phenoxy) is 1. The van der Waals surface area contributed by atoms with Gasteiger partial charge in [-0.3, -0.25) is 4.79 Å². The Bertz CT molecular complexity index is 644. The van der Waals surface area contributed by atoms with E-state index in [9.17, 15) is 9.18 Å². The molecule has 110 valence electrons. The normalized spacial score (nSPS) is 10.2. The zero-order valence-corrected chi connectivity index (χ0v) is 12.0. The Labute approximate surface area is 123 Å². The zero-order chi connectivity index (χ0) is 15.2. The van der Waals surface area contributed by atoms with E-state index < -0.39 is 0 Å². The highest BCUT2D eigenvalue weighted by atomic mass is 19.1. The summed E-state index contributed by atoms with van der Waals surface area (Å²) in [6.07, 6.45) is 1.63. The summed E-state index contributed by atoms with van der Waals surface area (Å²) in [5.74, 6) is -0.227. The summed E-state index contributed by atoms with van der Waals surface area (Å²) < 4.78 is 18.8. The van der Waals surface area contributed by atoms with Crippen LogP contribution in [0.4, 0.5) is 4.39 Å². The summed E-state index contributed by atoms with van der Waals surface area (Å²) in [5, 5.41) is 2.74. The highest BCUT2D eigenvalue weighted by molar-refractivity contribution is 5.94. The lowest BCUT2D eigenvalue weighted by Crippen LogP contribution is -2.23. The maximum absolute atomic E-state index is 13.5. The number of nitrogens with zero attached hydrogens (tertiary/aromatic N) is 1. The maximum atomic E-state index is 13.5. The zero-order valence-electron chi connectivity index (χ0n) is 12.0. The van der Waals surface area contributed by atoms with Gasteiger partial charge in [0.1, 0.15) is 5.82 Å². The minimum absolute atomic E-state index is 0.275. The minimum atomic E-state index is -0.390. The molecule has 0 saturated carbocycles. The first kappa shape index (κ1) is 15.0. The van der Waals surface area contributed by atoms with Crippen LogP contribution < -0.4 is 10.1 Å². The topological polar surface area (TPSA) is 51.2 Å². The average Bonchev–Trinajstić information content (AvgIpc) is 2.49. The number of aromatic nitrogens is 1. The van der Waals surface area contributed by atoms with Gasteiger partial charge < -0.3 is 10.1 Å². The molecule has 21 heavy (non-hydrogen) atoms. The van der Waals surface area contributed by atoms with Gasteiger partial charge in [-0.2, -0.15) is 0 Å². The summed E-state index contributed by atoms with van der Waals surface area (Å²) in [6, 6.07) is 8.02. The fourth-order valence-electron chi connectivity index (χ4n) is 1.84. The Morgan fingerprint density at radius 1 is 1.38 bits per heavy atom. The van der Waals surface area contributed by atoms with E-state index in [0.717, 1.165) is 5.56 Å². The summed E-state index contributed by atoms with van der Waals surface area (Å²) in [4.78, 5) is 16.1. The van der Waals surface area contributed by atoms with E-state index >= 15 is 0 Å². The predicted octanol–water partition coefficient (Wildman–Crippen LogP) is 2.86. The van der Waals surface area contributed by atoms with Gasteiger partial charge in [0.25, 0.3) is 5.91 Å². The van der Waals surface area contributed by atoms with Crippen molar-refractivity contribution in [1.29, 1.82) is 0 Å². The van der Waals surface area contributed by atoms with Crippen molar-refractivity contribution >= 4 is 5.91 Å². The molecule has 1 heterocycles. The van der Waals surface area contributed by atoms with E-state index in [1.807, 2.05) is 13.0 Å². The molecule has 2 aromatic rings. The third-order valence-electron chi connectivity index (χ3n) is 3.00. The van der Waals surface area contributed by atoms with E-state index in [1.165, 1.54) is 6.07 Å². The van der Waals surface area contributed by atoms with Gasteiger partial charge in [-0.1, -0.05) is 12.1 Å². The number of amides is 1. The standard InChI is InChI=1S/C16H17FN2O2/c1-3-21-16-13(5-4-8-18-16)10-19-15(20)12-7-6-11(2)14(17)9-12/h4-9H,3,10H2,1-2H3,(H,19,20). The van der Waals surface area contributed by atoms with Crippen LogP contribution in [0.15, 0.2) is 36.5 Å². The molecular weight excluding hydrogens is 271 g/mol. The Kier molecular flexibility index (Phi) is 4.87. The SMILES string of the molecule is CCOc1ncccc1CNC(=O)c1ccc(C)c(F)c1. The Morgan fingerprint density at radius 2 is 2.19 bits per heavy atom. The van der Waals surface area contributed by atoms with Crippen LogP contribution in [0, 0.1) is 12.7 Å². The highest BCUT2D eigenvalue weighted by Crippen LogP contribution is 2.14. The van der Waals surface area contributed by atoms with Gasteiger partial charge in [-0.05, 0) is 37.6 Å². The van der Waals surface area contributed by atoms with Crippen molar-refractivity contribution in [1.82, 2.24) is 10.3 Å². The third kappa shape index (κ3) is 3.78. The molecule has 0 unspecified atom stereocenters. The fraction of sp³-hybridized carbons (Fsp3) is 0.250. The lowest BCUT2D eigenvalue weighted by molar-refractivity contribution is 0.0950. The monoisotopic (exact) mass is 288 g/mol. The van der Waals surface area contributed by atoms with Crippen molar-refractivity contribution in [3.63, 3.8) is 0 Å². The van der Waals surface area contributed by atoms with Gasteiger partial charge in [-0.15, -0.1) is 0 Å². The van der Waals surface area contributed by atoms with Crippen LogP contribution in [0.1, 0.15) is 28.4 Å². The molecule has 0 spiro atoms. The summed E-state index contributed by atoms with van der Waals surface area (Å²) in [7, 11) is 0. The number of halogens is 1. The lowest BCUT2D eigenvalue weighted by atomic mass is 10.1. The predicted molar refractivity (Wildman–Crippen MR) is 77.7 cm³/mol. The first-order valence-corrected chi connectivity index (χ1v) is 6.73. The molecule has 5 heteroatoms. The molecule has 0 aliphatic carbocycles. The third-order valence-corrected chi connectivity index (χ3v) is 3.00. The number of hydrogen-bond acceptors (Lipinski definition) is 3. The largest absolute Gasteiger partial charge is 0.478 e. The van der Waals surface area contributed by atoms with Gasteiger partial charge in [0, 0.05) is 23.9 Å². The average molecular weight is 288 g/mol. The quantitative estimate of drug-likeness (QED) is 0.920. The van der Waals surface area contributed by atoms with E-state index in [0.29, 0.717) is 23.6 Å². The first-order chi connectivity index (χ1) is 10.1. The molecule has 0 atom stereocenters. The van der Waals surface area contributed by atoms with Gasteiger partial charge in [0.05, 0.1) is 6.61 Å². The van der Waals surface area contributed by atoms with Crippen LogP contribution in [0.5, 0.6) is 5.88 Å². The summed E-state index contributed by atoms with van der Waals surface area (Å²) >= 11 is 0. The molecule has 0 aliphatic rings. The molecule has 1 aromatic carbocycles. The first-order valence-electron chi connectivity index (χ1n) is 6.73. The molecule has 0 aliphatic heterocycles. The Hall–Kier alpha value is -2.43. The highest BCUT2D eigenvalue weighted by Gasteiger charge is 2.10. The van der Waals surface area contributed by atoms with Crippen molar-refractivity contribution in [2.75, 3.05) is 6.61 Å². The molecular formula is C16H17FN2O2. The fourth-order valence-corrected chi connectivity index (χ4v) is 1.84. The molecule has 1 aromatic heterocycles. The van der Waals surface area contributed by atoms with Crippen molar-refractivity contribution in [2.24, 2.45) is 0 Å². The van der Waals surface area contributed by atoms with E-state index in [2.05, 4.69) is 10.3 Å². The molecule has 4 nitrogen and oxygen atoms in total. The van der Waals surface area contributed by atoms with Crippen LogP contribution in [-0.2, 0) is 6.54 Å². The Morgan fingerprint density at radius 3 is 2.90 bits per heavy atom. The van der Waals surface area contributed by atoms with Crippen LogP contribution in [0.25, 0.3) is 0 Å². The summed E-state index contributed by atoms with van der Waals surface area (Å²) in [5.41, 5.74) is 1.58. The van der Waals surface area contributed by atoms with Gasteiger partial charge >= 0.3 is 0 Å². The second-order valence-electron chi connectivity index (χ2n) is 4.55. The number of carbonyl (C=O) groups excluding carboxylic acids is 1. The minimum Gasteiger partial charge on any atom is -0.478 e. The van der Waals surface area contributed by atoms with E-state index in [1.54, 1.807) is 31.3 Å². The van der Waals surface area contributed by atoms with Crippen LogP contribution >= 0.6 is 0 Å². The Balaban J connectivity index is 2.05. The molecule has 1 N–H and O–H groups in total. The second-order valence-corrected chi connectivity index (χ2v) is 4.55. The van der Waals surface area contributed by atoms with Crippen molar-refractivity contribution in [3.8, 4) is 5.88 Å². The van der Waals surface area contributed by atoms with Crippen molar-refractivity contribution in [2.45, 2.75) is 20.4 Å². The van der Waals surface area contributed by atoms with E-state index in [-0.39, 0.29) is 18.3 Å². The van der Waals surface area contributed by atoms with Crippen molar-refractivity contribution < 1.29 is 13.9 Å². The lowest BCUT2D eigenvalue weighted by Gasteiger charge is -2.10. The number of nitrogens with one attached hydrogen (secondary N) is 1. The summed E-state index contributed by atoms with van der Waals surface area (Å²) in [6.45, 7) is 4.30. The van der Waals surface area contributed by atoms with E-state index in [4.69, 9.17) is 4.74 Å². The van der Waals surface area contributed by atoms with Gasteiger partial charge in [0.2, 0.25) is 5.88 Å². The van der Waals surface area contributed by atoms with Crippen molar-refractivity contribution in [3.05, 3.63) is 59.0 Å². The molecule has 0 saturated heterocycles. The van der Waals surface area contributed by atoms with Gasteiger partial charge in [0.15, 0.2) is 0 Å². The van der Waals surface area contributed by atoms with Crippen LogP contribution in [-0.4, -0.2) is 17.5 Å². The number of benzene rings is 1. The number of pyridine rings is 1. The number of aryl methyl sites for hydroxylation is 1. The molecule has 0 bridgehead atoms.